The van der Waals surface area contributed by atoms with Gasteiger partial charge in [0.1, 0.15) is 11.4 Å². The zero-order valence-electron chi connectivity index (χ0n) is 17.0. The van der Waals surface area contributed by atoms with Crippen molar-refractivity contribution in [2.24, 2.45) is 5.92 Å². The van der Waals surface area contributed by atoms with Gasteiger partial charge in [0.25, 0.3) is 0 Å². The van der Waals surface area contributed by atoms with Crippen molar-refractivity contribution in [3.63, 3.8) is 0 Å². The van der Waals surface area contributed by atoms with Crippen LogP contribution in [-0.4, -0.2) is 41.4 Å². The molecule has 3 rings (SSSR count). The van der Waals surface area contributed by atoms with Crippen molar-refractivity contribution in [3.05, 3.63) is 29.8 Å². The first-order chi connectivity index (χ1) is 12.8. The Morgan fingerprint density at radius 1 is 1.19 bits per heavy atom. The Kier molecular flexibility index (Phi) is 5.78. The molecular formula is C22H32N2O3. The lowest BCUT2D eigenvalue weighted by molar-refractivity contribution is -0.138. The van der Waals surface area contributed by atoms with Gasteiger partial charge in [-0.3, -0.25) is 9.59 Å². The van der Waals surface area contributed by atoms with Crippen molar-refractivity contribution in [2.75, 3.05) is 13.1 Å². The fourth-order valence-electron chi connectivity index (χ4n) is 4.34. The van der Waals surface area contributed by atoms with Gasteiger partial charge in [0, 0.05) is 50.2 Å². The molecular weight excluding hydrogens is 340 g/mol. The molecule has 27 heavy (non-hydrogen) atoms. The number of hydrogen-bond donors (Lipinski definition) is 1. The molecule has 0 radical (unpaired) electrons. The first kappa shape index (κ1) is 19.7. The SMILES string of the molecule is CC(C)NC(=O)CC1CC2(CCN(C(=O)C(C)C)CC2)Oc2ccccc21. The van der Waals surface area contributed by atoms with Crippen molar-refractivity contribution in [2.45, 2.75) is 70.9 Å². The highest BCUT2D eigenvalue weighted by atomic mass is 16.5. The average Bonchev–Trinajstić information content (AvgIpc) is 2.61. The van der Waals surface area contributed by atoms with E-state index in [9.17, 15) is 9.59 Å². The van der Waals surface area contributed by atoms with E-state index in [1.165, 1.54) is 0 Å². The summed E-state index contributed by atoms with van der Waals surface area (Å²) in [6, 6.07) is 8.23. The molecule has 0 aromatic heterocycles. The molecule has 1 aromatic rings. The number of para-hydroxylation sites is 1. The Hall–Kier alpha value is -2.04. The summed E-state index contributed by atoms with van der Waals surface area (Å²) >= 11 is 0. The molecule has 0 saturated carbocycles. The van der Waals surface area contributed by atoms with Crippen LogP contribution in [0.25, 0.3) is 0 Å². The Morgan fingerprint density at radius 3 is 2.48 bits per heavy atom. The number of nitrogens with zero attached hydrogens (tertiary/aromatic N) is 1. The lowest BCUT2D eigenvalue weighted by Gasteiger charge is -2.47. The molecule has 2 aliphatic rings. The standard InChI is InChI=1S/C22H32N2O3/c1-15(2)21(26)24-11-9-22(10-12-24)14-17(13-20(25)23-16(3)4)18-7-5-6-8-19(18)27-22/h5-8,15-17H,9-14H2,1-4H3,(H,23,25). The molecule has 1 fully saturated rings. The second kappa shape index (κ2) is 7.91. The van der Waals surface area contributed by atoms with E-state index in [0.29, 0.717) is 6.42 Å². The van der Waals surface area contributed by atoms with Gasteiger partial charge in [-0.2, -0.15) is 0 Å². The average molecular weight is 373 g/mol. The predicted molar refractivity (Wildman–Crippen MR) is 106 cm³/mol. The molecule has 5 heteroatoms. The highest BCUT2D eigenvalue weighted by Crippen LogP contribution is 2.46. The lowest BCUT2D eigenvalue weighted by Crippen LogP contribution is -2.52. The van der Waals surface area contributed by atoms with Crippen LogP contribution in [0.1, 0.15) is 64.9 Å². The number of piperidine rings is 1. The van der Waals surface area contributed by atoms with Gasteiger partial charge in [0.05, 0.1) is 0 Å². The number of benzene rings is 1. The van der Waals surface area contributed by atoms with Crippen LogP contribution in [0, 0.1) is 5.92 Å². The molecule has 2 heterocycles. The topological polar surface area (TPSA) is 58.6 Å². The third-order valence-corrected chi connectivity index (χ3v) is 5.67. The molecule has 0 bridgehead atoms. The molecule has 2 aliphatic heterocycles. The Bertz CT molecular complexity index is 691. The van der Waals surface area contributed by atoms with Gasteiger partial charge < -0.3 is 15.0 Å². The van der Waals surface area contributed by atoms with Crippen LogP contribution in [0.5, 0.6) is 5.75 Å². The quantitative estimate of drug-likeness (QED) is 0.880. The van der Waals surface area contributed by atoms with E-state index in [1.807, 2.05) is 50.8 Å². The van der Waals surface area contributed by atoms with Crippen LogP contribution >= 0.6 is 0 Å². The molecule has 1 unspecified atom stereocenters. The van der Waals surface area contributed by atoms with Gasteiger partial charge in [-0.15, -0.1) is 0 Å². The number of rotatable bonds is 4. The number of carbonyl (C=O) groups excluding carboxylic acids is 2. The largest absolute Gasteiger partial charge is 0.487 e. The lowest BCUT2D eigenvalue weighted by atomic mass is 9.76. The van der Waals surface area contributed by atoms with E-state index in [4.69, 9.17) is 4.74 Å². The molecule has 1 atom stereocenters. The minimum Gasteiger partial charge on any atom is -0.487 e. The summed E-state index contributed by atoms with van der Waals surface area (Å²) in [5, 5.41) is 3.01. The molecule has 1 spiro atoms. The minimum atomic E-state index is -0.273. The molecule has 148 valence electrons. The fourth-order valence-corrected chi connectivity index (χ4v) is 4.34. The maximum absolute atomic E-state index is 12.4. The van der Waals surface area contributed by atoms with Gasteiger partial charge in [-0.05, 0) is 31.9 Å². The molecule has 1 aromatic carbocycles. The summed E-state index contributed by atoms with van der Waals surface area (Å²) in [6.45, 7) is 9.32. The van der Waals surface area contributed by atoms with Crippen LogP contribution in [0.15, 0.2) is 24.3 Å². The Morgan fingerprint density at radius 2 is 1.85 bits per heavy atom. The zero-order valence-corrected chi connectivity index (χ0v) is 17.0. The molecule has 1 saturated heterocycles. The van der Waals surface area contributed by atoms with Crippen molar-refractivity contribution >= 4 is 11.8 Å². The maximum atomic E-state index is 12.4. The van der Waals surface area contributed by atoms with Gasteiger partial charge in [0.15, 0.2) is 0 Å². The molecule has 1 N–H and O–H groups in total. The van der Waals surface area contributed by atoms with Crippen LogP contribution < -0.4 is 10.1 Å². The number of hydrogen-bond acceptors (Lipinski definition) is 3. The van der Waals surface area contributed by atoms with Crippen LogP contribution in [0.2, 0.25) is 0 Å². The van der Waals surface area contributed by atoms with Gasteiger partial charge in [-0.1, -0.05) is 32.0 Å². The van der Waals surface area contributed by atoms with Crippen LogP contribution in [0.4, 0.5) is 0 Å². The van der Waals surface area contributed by atoms with Crippen molar-refractivity contribution in [1.82, 2.24) is 10.2 Å². The monoisotopic (exact) mass is 372 g/mol. The van der Waals surface area contributed by atoms with Crippen molar-refractivity contribution in [3.8, 4) is 5.75 Å². The number of amides is 2. The van der Waals surface area contributed by atoms with Gasteiger partial charge in [0.2, 0.25) is 11.8 Å². The summed E-state index contributed by atoms with van der Waals surface area (Å²) in [4.78, 5) is 26.7. The number of fused-ring (bicyclic) bond motifs is 1. The Labute approximate surface area is 162 Å². The van der Waals surface area contributed by atoms with E-state index >= 15 is 0 Å². The Balaban J connectivity index is 1.76. The third kappa shape index (κ3) is 4.45. The molecule has 0 aliphatic carbocycles. The first-order valence-electron chi connectivity index (χ1n) is 10.2. The second-order valence-corrected chi connectivity index (χ2v) is 8.63. The van der Waals surface area contributed by atoms with Gasteiger partial charge >= 0.3 is 0 Å². The smallest absolute Gasteiger partial charge is 0.225 e. The van der Waals surface area contributed by atoms with Crippen LogP contribution in [0.3, 0.4) is 0 Å². The molecule has 5 nitrogen and oxygen atoms in total. The van der Waals surface area contributed by atoms with E-state index < -0.39 is 0 Å². The van der Waals surface area contributed by atoms with E-state index in [0.717, 1.165) is 43.7 Å². The van der Waals surface area contributed by atoms with Crippen molar-refractivity contribution < 1.29 is 14.3 Å². The van der Waals surface area contributed by atoms with Gasteiger partial charge in [-0.25, -0.2) is 0 Å². The van der Waals surface area contributed by atoms with E-state index in [1.54, 1.807) is 0 Å². The normalized spacial score (nSPS) is 21.1. The summed E-state index contributed by atoms with van der Waals surface area (Å²) in [5.41, 5.74) is 0.855. The van der Waals surface area contributed by atoms with E-state index in [-0.39, 0.29) is 35.3 Å². The number of carbonyl (C=O) groups is 2. The maximum Gasteiger partial charge on any atom is 0.225 e. The molecule has 2 amide bonds. The number of nitrogens with one attached hydrogen (secondary N) is 1. The first-order valence-corrected chi connectivity index (χ1v) is 10.2. The minimum absolute atomic E-state index is 0.0273. The summed E-state index contributed by atoms with van der Waals surface area (Å²) in [5.74, 6) is 1.39. The van der Waals surface area contributed by atoms with Crippen LogP contribution in [-0.2, 0) is 9.59 Å². The number of likely N-dealkylation sites (tertiary alicyclic amines) is 1. The summed E-state index contributed by atoms with van der Waals surface area (Å²) in [7, 11) is 0. The third-order valence-electron chi connectivity index (χ3n) is 5.67. The zero-order chi connectivity index (χ0) is 19.6. The highest BCUT2D eigenvalue weighted by Gasteiger charge is 2.44. The summed E-state index contributed by atoms with van der Waals surface area (Å²) in [6.07, 6.45) is 2.96. The van der Waals surface area contributed by atoms with E-state index in [2.05, 4.69) is 11.4 Å². The second-order valence-electron chi connectivity index (χ2n) is 8.63. The fraction of sp³-hybridized carbons (Fsp3) is 0.636. The highest BCUT2D eigenvalue weighted by molar-refractivity contribution is 5.78. The number of ether oxygens (including phenoxy) is 1. The summed E-state index contributed by atoms with van der Waals surface area (Å²) < 4.78 is 6.47. The predicted octanol–water partition coefficient (Wildman–Crippen LogP) is 3.48. The van der Waals surface area contributed by atoms with Crippen molar-refractivity contribution in [1.29, 1.82) is 0 Å².